The van der Waals surface area contributed by atoms with Crippen LogP contribution in [0.3, 0.4) is 0 Å². The molecule has 0 aliphatic heterocycles. The summed E-state index contributed by atoms with van der Waals surface area (Å²) >= 11 is 3.37. The highest BCUT2D eigenvalue weighted by Gasteiger charge is 2.14. The molecule has 0 N–H and O–H groups in total. The fourth-order valence-electron chi connectivity index (χ4n) is 1.89. The molecule has 2 rings (SSSR count). The van der Waals surface area contributed by atoms with Gasteiger partial charge in [-0.25, -0.2) is 4.79 Å². The molecule has 0 aliphatic rings. The average molecular weight is 363 g/mol. The molecule has 0 bridgehead atoms. The Labute approximate surface area is 137 Å². The van der Waals surface area contributed by atoms with Gasteiger partial charge in [-0.2, -0.15) is 0 Å². The third kappa shape index (κ3) is 3.92. The zero-order valence-corrected chi connectivity index (χ0v) is 13.8. The van der Waals surface area contributed by atoms with E-state index in [0.717, 1.165) is 10.0 Å². The first-order valence-corrected chi connectivity index (χ1v) is 7.35. The highest BCUT2D eigenvalue weighted by atomic mass is 79.9. The lowest BCUT2D eigenvalue weighted by Gasteiger charge is -2.17. The number of hydrogen-bond acceptors (Lipinski definition) is 4. The van der Waals surface area contributed by atoms with E-state index in [1.807, 2.05) is 24.3 Å². The number of halogens is 1. The molecule has 5 nitrogen and oxygen atoms in total. The maximum atomic E-state index is 12.3. The van der Waals surface area contributed by atoms with Crippen molar-refractivity contribution in [3.05, 3.63) is 63.9 Å². The highest BCUT2D eigenvalue weighted by molar-refractivity contribution is 9.10. The Morgan fingerprint density at radius 3 is 2.41 bits per heavy atom. The minimum absolute atomic E-state index is 0.209. The SMILES string of the molecule is COC(=O)c1ccc(C(=O)N(C)Cc2ccc(Br)cc2)nc1. The number of carbonyl (C=O) groups is 2. The van der Waals surface area contributed by atoms with Crippen molar-refractivity contribution in [1.29, 1.82) is 0 Å². The smallest absolute Gasteiger partial charge is 0.339 e. The Kier molecular flexibility index (Phi) is 5.27. The molecule has 114 valence electrons. The summed E-state index contributed by atoms with van der Waals surface area (Å²) in [6.45, 7) is 0.479. The number of nitrogens with zero attached hydrogens (tertiary/aromatic N) is 2. The van der Waals surface area contributed by atoms with Crippen LogP contribution < -0.4 is 0 Å². The van der Waals surface area contributed by atoms with Crippen molar-refractivity contribution in [2.75, 3.05) is 14.2 Å². The lowest BCUT2D eigenvalue weighted by Crippen LogP contribution is -2.27. The van der Waals surface area contributed by atoms with Gasteiger partial charge in [0.05, 0.1) is 12.7 Å². The predicted octanol–water partition coefficient (Wildman–Crippen LogP) is 2.90. The monoisotopic (exact) mass is 362 g/mol. The van der Waals surface area contributed by atoms with Gasteiger partial charge in [-0.3, -0.25) is 9.78 Å². The van der Waals surface area contributed by atoms with Crippen LogP contribution in [0.4, 0.5) is 0 Å². The molecule has 0 radical (unpaired) electrons. The predicted molar refractivity (Wildman–Crippen MR) is 85.5 cm³/mol. The standard InChI is InChI=1S/C16H15BrN2O3/c1-19(10-11-3-6-13(17)7-4-11)15(20)14-8-5-12(9-18-14)16(21)22-2/h3-9H,10H2,1-2H3. The lowest BCUT2D eigenvalue weighted by molar-refractivity contribution is 0.0599. The van der Waals surface area contributed by atoms with Crippen LogP contribution in [0.2, 0.25) is 0 Å². The van der Waals surface area contributed by atoms with Crippen LogP contribution >= 0.6 is 15.9 Å². The van der Waals surface area contributed by atoms with Crippen LogP contribution in [0.1, 0.15) is 26.4 Å². The summed E-state index contributed by atoms with van der Waals surface area (Å²) in [5, 5.41) is 0. The van der Waals surface area contributed by atoms with Crippen molar-refractivity contribution in [3.63, 3.8) is 0 Å². The van der Waals surface area contributed by atoms with E-state index in [-0.39, 0.29) is 11.6 Å². The maximum absolute atomic E-state index is 12.3. The van der Waals surface area contributed by atoms with E-state index in [1.54, 1.807) is 11.9 Å². The van der Waals surface area contributed by atoms with Crippen LogP contribution in [-0.2, 0) is 11.3 Å². The molecule has 0 aliphatic carbocycles. The third-order valence-electron chi connectivity index (χ3n) is 3.08. The number of hydrogen-bond donors (Lipinski definition) is 0. The summed E-state index contributed by atoms with van der Waals surface area (Å²) < 4.78 is 5.59. The van der Waals surface area contributed by atoms with Crippen molar-refractivity contribution in [2.45, 2.75) is 6.54 Å². The van der Waals surface area contributed by atoms with E-state index in [2.05, 4.69) is 25.7 Å². The van der Waals surface area contributed by atoms with Crippen molar-refractivity contribution in [2.24, 2.45) is 0 Å². The van der Waals surface area contributed by atoms with E-state index < -0.39 is 5.97 Å². The Balaban J connectivity index is 2.06. The van der Waals surface area contributed by atoms with Crippen LogP contribution in [0, 0.1) is 0 Å². The van der Waals surface area contributed by atoms with Crippen LogP contribution in [0.15, 0.2) is 47.1 Å². The quantitative estimate of drug-likeness (QED) is 0.784. The first-order chi connectivity index (χ1) is 10.5. The summed E-state index contributed by atoms with van der Waals surface area (Å²) in [6, 6.07) is 10.8. The Hall–Kier alpha value is -2.21. The van der Waals surface area contributed by atoms with Crippen LogP contribution in [0.5, 0.6) is 0 Å². The lowest BCUT2D eigenvalue weighted by atomic mass is 10.2. The van der Waals surface area contributed by atoms with E-state index in [4.69, 9.17) is 0 Å². The fraction of sp³-hybridized carbons (Fsp3) is 0.188. The minimum Gasteiger partial charge on any atom is -0.465 e. The second kappa shape index (κ2) is 7.17. The highest BCUT2D eigenvalue weighted by Crippen LogP contribution is 2.13. The third-order valence-corrected chi connectivity index (χ3v) is 3.61. The number of aromatic nitrogens is 1. The normalized spacial score (nSPS) is 10.1. The molecular weight excluding hydrogens is 348 g/mol. The van der Waals surface area contributed by atoms with Gasteiger partial charge in [0.25, 0.3) is 5.91 Å². The molecule has 1 heterocycles. The van der Waals surface area contributed by atoms with Crippen molar-refractivity contribution < 1.29 is 14.3 Å². The molecule has 1 aromatic carbocycles. The van der Waals surface area contributed by atoms with Gasteiger partial charge in [0.15, 0.2) is 0 Å². The number of ether oxygens (including phenoxy) is 1. The molecular formula is C16H15BrN2O3. The van der Waals surface area contributed by atoms with E-state index >= 15 is 0 Å². The molecule has 1 aromatic heterocycles. The van der Waals surface area contributed by atoms with Gasteiger partial charge in [-0.1, -0.05) is 28.1 Å². The summed E-state index contributed by atoms with van der Waals surface area (Å²) in [6.07, 6.45) is 1.34. The van der Waals surface area contributed by atoms with E-state index in [1.165, 1.54) is 25.4 Å². The molecule has 0 fully saturated rings. The molecule has 0 unspecified atom stereocenters. The van der Waals surface area contributed by atoms with Crippen LogP contribution in [0.25, 0.3) is 0 Å². The van der Waals surface area contributed by atoms with Crippen LogP contribution in [-0.4, -0.2) is 35.9 Å². The van der Waals surface area contributed by atoms with Gasteiger partial charge in [-0.15, -0.1) is 0 Å². The summed E-state index contributed by atoms with van der Waals surface area (Å²) in [7, 11) is 3.01. The fourth-order valence-corrected chi connectivity index (χ4v) is 2.15. The molecule has 22 heavy (non-hydrogen) atoms. The van der Waals surface area contributed by atoms with Gasteiger partial charge in [0, 0.05) is 24.3 Å². The van der Waals surface area contributed by atoms with Crippen molar-refractivity contribution >= 4 is 27.8 Å². The van der Waals surface area contributed by atoms with Gasteiger partial charge in [0.2, 0.25) is 0 Å². The second-order valence-corrected chi connectivity index (χ2v) is 5.63. The number of methoxy groups -OCH3 is 1. The van der Waals surface area contributed by atoms with Gasteiger partial charge in [0.1, 0.15) is 5.69 Å². The number of amides is 1. The average Bonchev–Trinajstić information content (AvgIpc) is 2.55. The Bertz CT molecular complexity index is 669. The first kappa shape index (κ1) is 16.2. The molecule has 0 saturated carbocycles. The van der Waals surface area contributed by atoms with Gasteiger partial charge < -0.3 is 9.64 Å². The summed E-state index contributed by atoms with van der Waals surface area (Å²) in [5.41, 5.74) is 1.62. The molecule has 6 heteroatoms. The van der Waals surface area contributed by atoms with Gasteiger partial charge >= 0.3 is 5.97 Å². The summed E-state index contributed by atoms with van der Waals surface area (Å²) in [4.78, 5) is 29.2. The van der Waals surface area contributed by atoms with Crippen molar-refractivity contribution in [1.82, 2.24) is 9.88 Å². The van der Waals surface area contributed by atoms with E-state index in [9.17, 15) is 9.59 Å². The molecule has 0 spiro atoms. The topological polar surface area (TPSA) is 59.5 Å². The second-order valence-electron chi connectivity index (χ2n) is 4.71. The molecule has 1 amide bonds. The number of rotatable bonds is 4. The first-order valence-electron chi connectivity index (χ1n) is 6.55. The largest absolute Gasteiger partial charge is 0.465 e. The molecule has 0 saturated heterocycles. The van der Waals surface area contributed by atoms with E-state index in [0.29, 0.717) is 12.1 Å². The van der Waals surface area contributed by atoms with Crippen molar-refractivity contribution in [3.8, 4) is 0 Å². The maximum Gasteiger partial charge on any atom is 0.339 e. The minimum atomic E-state index is -0.477. The molecule has 0 atom stereocenters. The number of esters is 1. The Morgan fingerprint density at radius 1 is 1.18 bits per heavy atom. The Morgan fingerprint density at radius 2 is 1.86 bits per heavy atom. The zero-order chi connectivity index (χ0) is 16.1. The zero-order valence-electron chi connectivity index (χ0n) is 12.2. The summed E-state index contributed by atoms with van der Waals surface area (Å²) in [5.74, 6) is -0.686. The van der Waals surface area contributed by atoms with Gasteiger partial charge in [-0.05, 0) is 29.8 Å². The number of pyridine rings is 1. The number of benzene rings is 1. The number of carbonyl (C=O) groups excluding carboxylic acids is 2. The molecule has 2 aromatic rings.